The first kappa shape index (κ1) is 22.0. The van der Waals surface area contributed by atoms with Gasteiger partial charge in [-0.3, -0.25) is 0 Å². The van der Waals surface area contributed by atoms with Gasteiger partial charge in [-0.1, -0.05) is 55.5 Å². The normalized spacial score (nSPS) is 11.9. The average molecular weight is 449 g/mol. The van der Waals surface area contributed by atoms with Gasteiger partial charge in [0.1, 0.15) is 5.82 Å². The highest BCUT2D eigenvalue weighted by Gasteiger charge is 2.19. The molecule has 1 aromatic heterocycles. The van der Waals surface area contributed by atoms with E-state index in [0.29, 0.717) is 12.1 Å². The van der Waals surface area contributed by atoms with Crippen molar-refractivity contribution >= 4 is 26.7 Å². The molecule has 166 valence electrons. The molecule has 0 saturated heterocycles. The van der Waals surface area contributed by atoms with E-state index < -0.39 is 10.0 Å². The van der Waals surface area contributed by atoms with Gasteiger partial charge in [-0.25, -0.2) is 17.7 Å². The summed E-state index contributed by atoms with van der Waals surface area (Å²) >= 11 is 0. The number of hydrogen-bond acceptors (Lipinski definition) is 4. The molecule has 7 heteroatoms. The van der Waals surface area contributed by atoms with Gasteiger partial charge in [0.2, 0.25) is 10.0 Å². The Bertz CT molecular complexity index is 1330. The molecule has 6 nitrogen and oxygen atoms in total. The summed E-state index contributed by atoms with van der Waals surface area (Å²) in [5, 5.41) is 3.54. The van der Waals surface area contributed by atoms with Gasteiger partial charge in [-0.15, -0.1) is 0 Å². The number of para-hydroxylation sites is 1. The predicted octanol–water partition coefficient (Wildman–Crippen LogP) is 4.98. The maximum absolute atomic E-state index is 12.6. The van der Waals surface area contributed by atoms with Crippen molar-refractivity contribution < 1.29 is 8.42 Å². The van der Waals surface area contributed by atoms with E-state index in [1.807, 2.05) is 36.4 Å². The van der Waals surface area contributed by atoms with Crippen LogP contribution in [0.5, 0.6) is 0 Å². The second-order valence-electron chi connectivity index (χ2n) is 7.88. The summed E-state index contributed by atoms with van der Waals surface area (Å²) < 4.78 is 28.5. The Kier molecular flexibility index (Phi) is 6.30. The summed E-state index contributed by atoms with van der Waals surface area (Å²) in [6.07, 6.45) is 0.955. The minimum Gasteiger partial charge on any atom is -0.377 e. The van der Waals surface area contributed by atoms with Crippen LogP contribution in [0.15, 0.2) is 77.7 Å². The number of fused-ring (bicyclic) bond motifs is 1. The fourth-order valence-electron chi connectivity index (χ4n) is 3.82. The lowest BCUT2D eigenvalue weighted by molar-refractivity contribution is 0.521. The van der Waals surface area contributed by atoms with Crippen molar-refractivity contribution in [3.63, 3.8) is 0 Å². The van der Waals surface area contributed by atoms with Crippen molar-refractivity contribution in [2.24, 2.45) is 0 Å². The van der Waals surface area contributed by atoms with Crippen LogP contribution in [0, 0.1) is 0 Å². The van der Waals surface area contributed by atoms with Crippen LogP contribution in [0.4, 0.5) is 5.69 Å². The van der Waals surface area contributed by atoms with Gasteiger partial charge in [0.05, 0.1) is 22.5 Å². The minimum absolute atomic E-state index is 0.255. The minimum atomic E-state index is -3.51. The van der Waals surface area contributed by atoms with Gasteiger partial charge in [0.25, 0.3) is 0 Å². The molecule has 0 aliphatic carbocycles. The van der Waals surface area contributed by atoms with E-state index in [4.69, 9.17) is 4.98 Å². The number of benzene rings is 3. The number of anilines is 1. The van der Waals surface area contributed by atoms with Gasteiger partial charge in [-0.05, 0) is 36.2 Å². The zero-order valence-electron chi connectivity index (χ0n) is 18.6. The SMILES string of the molecule is CCCn1c(CNc2ccccc2-c2ccccc2)nc2cc(S(=O)(=O)N(C)C)ccc21. The van der Waals surface area contributed by atoms with Crippen LogP contribution >= 0.6 is 0 Å². The summed E-state index contributed by atoms with van der Waals surface area (Å²) in [5.74, 6) is 0.879. The van der Waals surface area contributed by atoms with Crippen LogP contribution in [0.3, 0.4) is 0 Å². The van der Waals surface area contributed by atoms with Gasteiger partial charge in [-0.2, -0.15) is 0 Å². The summed E-state index contributed by atoms with van der Waals surface area (Å²) in [5.41, 5.74) is 4.94. The number of imidazole rings is 1. The maximum Gasteiger partial charge on any atom is 0.242 e. The molecular weight excluding hydrogens is 420 g/mol. The largest absolute Gasteiger partial charge is 0.377 e. The van der Waals surface area contributed by atoms with Crippen LogP contribution in [0.1, 0.15) is 19.2 Å². The number of sulfonamides is 1. The van der Waals surface area contributed by atoms with Crippen molar-refractivity contribution in [3.8, 4) is 11.1 Å². The fourth-order valence-corrected chi connectivity index (χ4v) is 4.74. The third-order valence-corrected chi connectivity index (χ3v) is 7.28. The van der Waals surface area contributed by atoms with E-state index in [2.05, 4.69) is 41.1 Å². The highest BCUT2D eigenvalue weighted by atomic mass is 32.2. The first-order valence-electron chi connectivity index (χ1n) is 10.7. The van der Waals surface area contributed by atoms with E-state index in [-0.39, 0.29) is 4.90 Å². The maximum atomic E-state index is 12.6. The number of nitrogens with one attached hydrogen (secondary N) is 1. The molecule has 0 unspecified atom stereocenters. The predicted molar refractivity (Wildman–Crippen MR) is 130 cm³/mol. The Morgan fingerprint density at radius 1 is 0.969 bits per heavy atom. The van der Waals surface area contributed by atoms with Crippen LogP contribution in [0.2, 0.25) is 0 Å². The van der Waals surface area contributed by atoms with Gasteiger partial charge >= 0.3 is 0 Å². The first-order chi connectivity index (χ1) is 15.4. The lowest BCUT2D eigenvalue weighted by Crippen LogP contribution is -2.22. The van der Waals surface area contributed by atoms with Crippen molar-refractivity contribution in [2.75, 3.05) is 19.4 Å². The van der Waals surface area contributed by atoms with E-state index in [1.165, 1.54) is 18.4 Å². The second-order valence-corrected chi connectivity index (χ2v) is 10.0. The molecular formula is C25H28N4O2S. The molecule has 0 spiro atoms. The molecule has 0 saturated carbocycles. The highest BCUT2D eigenvalue weighted by Crippen LogP contribution is 2.28. The molecule has 0 bridgehead atoms. The van der Waals surface area contributed by atoms with Gasteiger partial charge in [0, 0.05) is 31.9 Å². The van der Waals surface area contributed by atoms with Crippen LogP contribution in [-0.2, 0) is 23.1 Å². The molecule has 32 heavy (non-hydrogen) atoms. The molecule has 3 aromatic carbocycles. The van der Waals surface area contributed by atoms with E-state index >= 15 is 0 Å². The van der Waals surface area contributed by atoms with Crippen LogP contribution < -0.4 is 5.32 Å². The van der Waals surface area contributed by atoms with E-state index in [1.54, 1.807) is 12.1 Å². The van der Waals surface area contributed by atoms with Gasteiger partial charge in [0.15, 0.2) is 0 Å². The lowest BCUT2D eigenvalue weighted by atomic mass is 10.0. The van der Waals surface area contributed by atoms with Crippen LogP contribution in [-0.4, -0.2) is 36.4 Å². The quantitative estimate of drug-likeness (QED) is 0.413. The Labute approximate surface area is 189 Å². The number of rotatable bonds is 8. The number of nitrogens with zero attached hydrogens (tertiary/aromatic N) is 3. The Morgan fingerprint density at radius 3 is 2.41 bits per heavy atom. The van der Waals surface area contributed by atoms with Crippen molar-refractivity contribution in [1.29, 1.82) is 0 Å². The zero-order chi connectivity index (χ0) is 22.7. The summed E-state index contributed by atoms with van der Waals surface area (Å²) in [6, 6.07) is 23.7. The molecule has 0 aliphatic rings. The molecule has 0 amide bonds. The first-order valence-corrected chi connectivity index (χ1v) is 12.2. The molecule has 4 rings (SSSR count). The zero-order valence-corrected chi connectivity index (χ0v) is 19.4. The smallest absolute Gasteiger partial charge is 0.242 e. The lowest BCUT2D eigenvalue weighted by Gasteiger charge is -2.13. The summed E-state index contributed by atoms with van der Waals surface area (Å²) in [7, 11) is -0.434. The number of hydrogen-bond donors (Lipinski definition) is 1. The molecule has 4 aromatic rings. The molecule has 0 radical (unpaired) electrons. The Morgan fingerprint density at radius 2 is 1.69 bits per heavy atom. The summed E-state index contributed by atoms with van der Waals surface area (Å²) in [6.45, 7) is 3.47. The van der Waals surface area contributed by atoms with Crippen molar-refractivity contribution in [1.82, 2.24) is 13.9 Å². The number of aryl methyl sites for hydroxylation is 1. The van der Waals surface area contributed by atoms with Gasteiger partial charge < -0.3 is 9.88 Å². The van der Waals surface area contributed by atoms with Crippen LogP contribution in [0.25, 0.3) is 22.2 Å². The third kappa shape index (κ3) is 4.26. The number of aromatic nitrogens is 2. The highest BCUT2D eigenvalue weighted by molar-refractivity contribution is 7.89. The van der Waals surface area contributed by atoms with E-state index in [0.717, 1.165) is 41.1 Å². The van der Waals surface area contributed by atoms with E-state index in [9.17, 15) is 8.42 Å². The fraction of sp³-hybridized carbons (Fsp3) is 0.240. The molecule has 1 heterocycles. The molecule has 0 fully saturated rings. The van der Waals surface area contributed by atoms with Crippen molar-refractivity contribution in [3.05, 3.63) is 78.6 Å². The van der Waals surface area contributed by atoms with Crippen molar-refractivity contribution in [2.45, 2.75) is 31.3 Å². The standard InChI is InChI=1S/C25H28N4O2S/c1-4-16-29-24-15-14-20(32(30,31)28(2)3)17-23(24)27-25(29)18-26-22-13-9-8-12-21(22)19-10-6-5-7-11-19/h5-15,17,26H,4,16,18H2,1-3H3. The topological polar surface area (TPSA) is 67.2 Å². The summed E-state index contributed by atoms with van der Waals surface area (Å²) in [4.78, 5) is 5.05. The molecule has 0 aliphatic heterocycles. The Balaban J connectivity index is 1.69. The molecule has 1 N–H and O–H groups in total. The molecule has 0 atom stereocenters. The third-order valence-electron chi connectivity index (χ3n) is 5.47. The average Bonchev–Trinajstić information content (AvgIpc) is 3.15. The monoisotopic (exact) mass is 448 g/mol. The second kappa shape index (κ2) is 9.14. The Hall–Kier alpha value is -3.16.